The van der Waals surface area contributed by atoms with Gasteiger partial charge in [0.25, 0.3) is 0 Å². The van der Waals surface area contributed by atoms with Crippen LogP contribution in [-0.4, -0.2) is 56.7 Å². The normalized spacial score (nSPS) is 20.5. The highest BCUT2D eigenvalue weighted by atomic mass is 16.5. The lowest BCUT2D eigenvalue weighted by atomic mass is 9.98. The molecule has 5 heteroatoms. The first-order chi connectivity index (χ1) is 11.6. The number of piperidine rings is 1. The van der Waals surface area contributed by atoms with E-state index in [1.165, 1.54) is 30.5 Å². The van der Waals surface area contributed by atoms with Gasteiger partial charge in [-0.25, -0.2) is 4.79 Å². The molecule has 3 rings (SSSR count). The van der Waals surface area contributed by atoms with Gasteiger partial charge in [-0.1, -0.05) is 6.07 Å². The lowest BCUT2D eigenvalue weighted by Crippen LogP contribution is -2.41. The van der Waals surface area contributed by atoms with Gasteiger partial charge in [-0.15, -0.1) is 0 Å². The van der Waals surface area contributed by atoms with E-state index in [1.807, 2.05) is 18.0 Å². The molecule has 2 aliphatic rings. The van der Waals surface area contributed by atoms with Gasteiger partial charge in [-0.05, 0) is 68.8 Å². The van der Waals surface area contributed by atoms with Crippen molar-refractivity contribution in [2.24, 2.45) is 5.92 Å². The number of benzene rings is 1. The lowest BCUT2D eigenvalue weighted by Gasteiger charge is -2.32. The van der Waals surface area contributed by atoms with Gasteiger partial charge in [-0.3, -0.25) is 0 Å². The fourth-order valence-corrected chi connectivity index (χ4v) is 4.05. The van der Waals surface area contributed by atoms with Crippen LogP contribution >= 0.6 is 0 Å². The summed E-state index contributed by atoms with van der Waals surface area (Å²) < 4.78 is 5.48. The number of hydrogen-bond donors (Lipinski definition) is 1. The van der Waals surface area contributed by atoms with Crippen molar-refractivity contribution in [3.8, 4) is 5.75 Å². The largest absolute Gasteiger partial charge is 0.495 e. The second-order valence-corrected chi connectivity index (χ2v) is 7.22. The molecule has 1 aromatic rings. The summed E-state index contributed by atoms with van der Waals surface area (Å²) in [6.07, 6.45) is 5.67. The molecule has 0 aromatic heterocycles. The van der Waals surface area contributed by atoms with Crippen LogP contribution in [-0.2, 0) is 12.8 Å². The molecule has 2 amide bonds. The molecule has 0 bridgehead atoms. The standard InChI is InChI=1S/C19H29N3O2/c1-21-11-5-6-14(12-21)13-22(2)19(23)20-18-16-8-4-7-15(16)9-10-17(18)24-3/h9-10,14H,4-8,11-13H2,1-3H3,(H,20,23)/t14-/m0/s1. The SMILES string of the molecule is COc1ccc2c(c1NC(=O)N(C)C[C@H]1CCCN(C)C1)CCC2. The van der Waals surface area contributed by atoms with Crippen LogP contribution in [0, 0.1) is 5.92 Å². The number of ether oxygens (including phenoxy) is 1. The molecule has 1 fully saturated rings. The first-order valence-electron chi connectivity index (χ1n) is 8.98. The molecule has 1 aliphatic carbocycles. The van der Waals surface area contributed by atoms with E-state index in [0.717, 1.165) is 43.8 Å². The summed E-state index contributed by atoms with van der Waals surface area (Å²) in [6.45, 7) is 3.04. The molecule has 132 valence electrons. The molecule has 1 N–H and O–H groups in total. The minimum atomic E-state index is -0.0400. The van der Waals surface area contributed by atoms with Gasteiger partial charge < -0.3 is 19.9 Å². The summed E-state index contributed by atoms with van der Waals surface area (Å²) >= 11 is 0. The number of fused-ring (bicyclic) bond motifs is 1. The molecular formula is C19H29N3O2. The van der Waals surface area contributed by atoms with Crippen LogP contribution in [0.2, 0.25) is 0 Å². The summed E-state index contributed by atoms with van der Waals surface area (Å²) in [4.78, 5) is 16.9. The summed E-state index contributed by atoms with van der Waals surface area (Å²) in [5.41, 5.74) is 3.45. The topological polar surface area (TPSA) is 44.8 Å². The second kappa shape index (κ2) is 7.43. The van der Waals surface area contributed by atoms with E-state index < -0.39 is 0 Å². The van der Waals surface area contributed by atoms with Crippen LogP contribution in [0.4, 0.5) is 10.5 Å². The van der Waals surface area contributed by atoms with E-state index in [4.69, 9.17) is 4.74 Å². The number of carbonyl (C=O) groups excluding carboxylic acids is 1. The molecule has 1 saturated heterocycles. The zero-order valence-corrected chi connectivity index (χ0v) is 15.1. The van der Waals surface area contributed by atoms with Crippen LogP contribution in [0.25, 0.3) is 0 Å². The van der Waals surface area contributed by atoms with Crippen molar-refractivity contribution in [3.05, 3.63) is 23.3 Å². The first-order valence-corrected chi connectivity index (χ1v) is 8.98. The zero-order chi connectivity index (χ0) is 17.1. The van der Waals surface area contributed by atoms with Crippen molar-refractivity contribution in [2.75, 3.05) is 46.2 Å². The van der Waals surface area contributed by atoms with E-state index in [-0.39, 0.29) is 6.03 Å². The minimum absolute atomic E-state index is 0.0400. The Balaban J connectivity index is 1.67. The van der Waals surface area contributed by atoms with Gasteiger partial charge in [0, 0.05) is 20.1 Å². The number of nitrogens with one attached hydrogen (secondary N) is 1. The highest BCUT2D eigenvalue weighted by molar-refractivity contribution is 5.92. The summed E-state index contributed by atoms with van der Waals surface area (Å²) in [5, 5.41) is 3.11. The summed E-state index contributed by atoms with van der Waals surface area (Å²) in [5.74, 6) is 1.32. The van der Waals surface area contributed by atoms with Crippen LogP contribution in [0.3, 0.4) is 0 Å². The Morgan fingerprint density at radius 1 is 1.38 bits per heavy atom. The van der Waals surface area contributed by atoms with Gasteiger partial charge in [0.2, 0.25) is 0 Å². The van der Waals surface area contributed by atoms with Gasteiger partial charge in [-0.2, -0.15) is 0 Å². The predicted molar refractivity (Wildman–Crippen MR) is 96.9 cm³/mol. The number of likely N-dealkylation sites (tertiary alicyclic amines) is 1. The molecule has 0 unspecified atom stereocenters. The fraction of sp³-hybridized carbons (Fsp3) is 0.632. The smallest absolute Gasteiger partial charge is 0.321 e. The monoisotopic (exact) mass is 331 g/mol. The van der Waals surface area contributed by atoms with Crippen molar-refractivity contribution in [1.29, 1.82) is 0 Å². The summed E-state index contributed by atoms with van der Waals surface area (Å²) in [7, 11) is 5.71. The molecule has 0 saturated carbocycles. The Morgan fingerprint density at radius 3 is 2.96 bits per heavy atom. The number of urea groups is 1. The molecule has 1 heterocycles. The lowest BCUT2D eigenvalue weighted by molar-refractivity contribution is 0.170. The number of aryl methyl sites for hydroxylation is 1. The average Bonchev–Trinajstić information content (AvgIpc) is 3.04. The van der Waals surface area contributed by atoms with E-state index in [9.17, 15) is 4.79 Å². The average molecular weight is 331 g/mol. The number of nitrogens with zero attached hydrogens (tertiary/aromatic N) is 2. The Labute approximate surface area is 145 Å². The molecular weight excluding hydrogens is 302 g/mol. The van der Waals surface area contributed by atoms with Crippen LogP contribution < -0.4 is 10.1 Å². The molecule has 24 heavy (non-hydrogen) atoms. The van der Waals surface area contributed by atoms with Gasteiger partial charge >= 0.3 is 6.03 Å². The number of anilines is 1. The van der Waals surface area contributed by atoms with Gasteiger partial charge in [0.15, 0.2) is 0 Å². The maximum absolute atomic E-state index is 12.7. The highest BCUT2D eigenvalue weighted by Crippen LogP contribution is 2.36. The van der Waals surface area contributed by atoms with Crippen molar-refractivity contribution in [2.45, 2.75) is 32.1 Å². The minimum Gasteiger partial charge on any atom is -0.495 e. The summed E-state index contributed by atoms with van der Waals surface area (Å²) in [6, 6.07) is 4.05. The third-order valence-corrected chi connectivity index (χ3v) is 5.30. The van der Waals surface area contributed by atoms with E-state index >= 15 is 0 Å². The third-order valence-electron chi connectivity index (χ3n) is 5.30. The molecule has 0 spiro atoms. The Morgan fingerprint density at radius 2 is 2.21 bits per heavy atom. The fourth-order valence-electron chi connectivity index (χ4n) is 4.05. The van der Waals surface area contributed by atoms with E-state index in [1.54, 1.807) is 7.11 Å². The zero-order valence-electron chi connectivity index (χ0n) is 15.1. The Hall–Kier alpha value is -1.75. The Kier molecular flexibility index (Phi) is 5.29. The van der Waals surface area contributed by atoms with Crippen molar-refractivity contribution in [3.63, 3.8) is 0 Å². The molecule has 1 aliphatic heterocycles. The molecule has 0 radical (unpaired) electrons. The third kappa shape index (κ3) is 3.66. The van der Waals surface area contributed by atoms with Crippen molar-refractivity contribution in [1.82, 2.24) is 9.80 Å². The number of hydrogen-bond acceptors (Lipinski definition) is 3. The van der Waals surface area contributed by atoms with Crippen LogP contribution in [0.1, 0.15) is 30.4 Å². The molecule has 5 nitrogen and oxygen atoms in total. The van der Waals surface area contributed by atoms with Gasteiger partial charge in [0.1, 0.15) is 5.75 Å². The maximum atomic E-state index is 12.7. The number of carbonyl (C=O) groups is 1. The first kappa shape index (κ1) is 17.1. The van der Waals surface area contributed by atoms with Crippen molar-refractivity contribution < 1.29 is 9.53 Å². The second-order valence-electron chi connectivity index (χ2n) is 7.22. The van der Waals surface area contributed by atoms with Crippen LogP contribution in [0.15, 0.2) is 12.1 Å². The van der Waals surface area contributed by atoms with Crippen molar-refractivity contribution >= 4 is 11.7 Å². The molecule has 1 aromatic carbocycles. The number of amides is 2. The van der Waals surface area contributed by atoms with E-state index in [0.29, 0.717) is 5.92 Å². The number of methoxy groups -OCH3 is 1. The highest BCUT2D eigenvalue weighted by Gasteiger charge is 2.24. The van der Waals surface area contributed by atoms with Gasteiger partial charge in [0.05, 0.1) is 12.8 Å². The quantitative estimate of drug-likeness (QED) is 0.922. The van der Waals surface area contributed by atoms with E-state index in [2.05, 4.69) is 23.3 Å². The molecule has 1 atom stereocenters. The maximum Gasteiger partial charge on any atom is 0.321 e. The van der Waals surface area contributed by atoms with Crippen LogP contribution in [0.5, 0.6) is 5.75 Å². The number of rotatable bonds is 4. The Bertz CT molecular complexity index is 603. The predicted octanol–water partition coefficient (Wildman–Crippen LogP) is 2.99.